The summed E-state index contributed by atoms with van der Waals surface area (Å²) in [6, 6.07) is 11.4. The van der Waals surface area contributed by atoms with Gasteiger partial charge in [0.05, 0.1) is 10.5 Å². The first kappa shape index (κ1) is 18.6. The Bertz CT molecular complexity index is 859. The van der Waals surface area contributed by atoms with Crippen LogP contribution in [0.15, 0.2) is 42.5 Å². The molecule has 1 amide bonds. The second kappa shape index (κ2) is 7.57. The van der Waals surface area contributed by atoms with Crippen molar-refractivity contribution in [3.63, 3.8) is 0 Å². The predicted molar refractivity (Wildman–Crippen MR) is 99.0 cm³/mol. The van der Waals surface area contributed by atoms with Crippen LogP contribution < -0.4 is 0 Å². The number of nitro benzene ring substituents is 1. The van der Waals surface area contributed by atoms with E-state index in [4.69, 9.17) is 0 Å². The molecule has 2 aromatic carbocycles. The summed E-state index contributed by atoms with van der Waals surface area (Å²) in [6.45, 7) is 2.57. The third-order valence-electron chi connectivity index (χ3n) is 4.85. The van der Waals surface area contributed by atoms with Gasteiger partial charge in [-0.15, -0.1) is 0 Å². The molecular weight excluding hydrogens is 348 g/mol. The van der Waals surface area contributed by atoms with Crippen LogP contribution in [0.5, 0.6) is 0 Å². The highest BCUT2D eigenvalue weighted by atomic mass is 16.6. The molecule has 0 spiro atoms. The Kier molecular flexibility index (Phi) is 5.21. The van der Waals surface area contributed by atoms with E-state index in [1.807, 2.05) is 31.2 Å². The van der Waals surface area contributed by atoms with Crippen molar-refractivity contribution >= 4 is 17.6 Å². The SMILES string of the molecule is Cc1ccc(CC2CCCN2C(=O)c2cc(C(=O)O)cc([N+](=O)[O-])c2)cc1. The number of carbonyl (C=O) groups excluding carboxylic acids is 1. The monoisotopic (exact) mass is 368 g/mol. The van der Waals surface area contributed by atoms with Gasteiger partial charge >= 0.3 is 5.97 Å². The molecule has 0 saturated carbocycles. The van der Waals surface area contributed by atoms with Crippen molar-refractivity contribution in [2.75, 3.05) is 6.54 Å². The highest BCUT2D eigenvalue weighted by molar-refractivity contribution is 5.98. The molecule has 140 valence electrons. The van der Waals surface area contributed by atoms with E-state index in [0.29, 0.717) is 13.0 Å². The van der Waals surface area contributed by atoms with Crippen molar-refractivity contribution in [1.82, 2.24) is 4.90 Å². The lowest BCUT2D eigenvalue weighted by atomic mass is 10.0. The van der Waals surface area contributed by atoms with Crippen LogP contribution in [0.1, 0.15) is 44.7 Å². The first-order valence-electron chi connectivity index (χ1n) is 8.74. The fourth-order valence-corrected chi connectivity index (χ4v) is 3.44. The first-order valence-corrected chi connectivity index (χ1v) is 8.74. The summed E-state index contributed by atoms with van der Waals surface area (Å²) in [5, 5.41) is 20.3. The Labute approximate surface area is 156 Å². The molecular formula is C20H20N2O5. The molecule has 0 aliphatic carbocycles. The molecule has 0 aromatic heterocycles. The molecule has 1 aliphatic heterocycles. The van der Waals surface area contributed by atoms with E-state index in [0.717, 1.165) is 36.1 Å². The molecule has 1 N–H and O–H groups in total. The van der Waals surface area contributed by atoms with Gasteiger partial charge in [-0.05, 0) is 37.8 Å². The number of carbonyl (C=O) groups is 2. The number of carboxylic acid groups (broad SMARTS) is 1. The van der Waals surface area contributed by atoms with E-state index < -0.39 is 16.6 Å². The molecule has 1 saturated heterocycles. The fourth-order valence-electron chi connectivity index (χ4n) is 3.44. The summed E-state index contributed by atoms with van der Waals surface area (Å²) in [7, 11) is 0. The largest absolute Gasteiger partial charge is 0.478 e. The molecule has 1 fully saturated rings. The number of non-ortho nitro benzene ring substituents is 1. The van der Waals surface area contributed by atoms with Crippen LogP contribution in [0.2, 0.25) is 0 Å². The van der Waals surface area contributed by atoms with Crippen LogP contribution in [0, 0.1) is 17.0 Å². The lowest BCUT2D eigenvalue weighted by molar-refractivity contribution is -0.384. The summed E-state index contributed by atoms with van der Waals surface area (Å²) in [6.07, 6.45) is 2.40. The van der Waals surface area contributed by atoms with Crippen molar-refractivity contribution in [1.29, 1.82) is 0 Å². The Morgan fingerprint density at radius 3 is 2.48 bits per heavy atom. The predicted octanol–water partition coefficient (Wildman–Crippen LogP) is 3.45. The Hall–Kier alpha value is -3.22. The molecule has 1 aliphatic rings. The van der Waals surface area contributed by atoms with E-state index in [1.165, 1.54) is 6.07 Å². The van der Waals surface area contributed by atoms with Crippen LogP contribution in [0.4, 0.5) is 5.69 Å². The average molecular weight is 368 g/mol. The zero-order valence-electron chi connectivity index (χ0n) is 14.9. The normalized spacial score (nSPS) is 16.3. The van der Waals surface area contributed by atoms with E-state index in [9.17, 15) is 24.8 Å². The van der Waals surface area contributed by atoms with Gasteiger partial charge in [0.1, 0.15) is 0 Å². The number of hydrogen-bond donors (Lipinski definition) is 1. The van der Waals surface area contributed by atoms with Crippen molar-refractivity contribution < 1.29 is 19.6 Å². The highest BCUT2D eigenvalue weighted by Gasteiger charge is 2.30. The molecule has 1 atom stereocenters. The van der Waals surface area contributed by atoms with Crippen molar-refractivity contribution in [3.8, 4) is 0 Å². The lowest BCUT2D eigenvalue weighted by Crippen LogP contribution is -2.37. The molecule has 2 aromatic rings. The van der Waals surface area contributed by atoms with Gasteiger partial charge in [0.15, 0.2) is 0 Å². The Balaban J connectivity index is 1.86. The maximum absolute atomic E-state index is 13.0. The standard InChI is InChI=1S/C20H20N2O5/c1-13-4-6-14(7-5-13)9-17-3-2-8-21(17)19(23)15-10-16(20(24)25)12-18(11-15)22(26)27/h4-7,10-12,17H,2-3,8-9H2,1H3,(H,24,25). The molecule has 1 heterocycles. The molecule has 7 nitrogen and oxygen atoms in total. The summed E-state index contributed by atoms with van der Waals surface area (Å²) in [5.74, 6) is -1.67. The molecule has 27 heavy (non-hydrogen) atoms. The maximum Gasteiger partial charge on any atom is 0.335 e. The number of carboxylic acids is 1. The second-order valence-corrected chi connectivity index (χ2v) is 6.82. The number of aromatic carboxylic acids is 1. The van der Waals surface area contributed by atoms with Gasteiger partial charge in [-0.25, -0.2) is 4.79 Å². The number of nitro groups is 1. The number of aryl methyl sites for hydroxylation is 1. The maximum atomic E-state index is 13.0. The molecule has 3 rings (SSSR count). The minimum Gasteiger partial charge on any atom is -0.478 e. The minimum atomic E-state index is -1.30. The van der Waals surface area contributed by atoms with Crippen LogP contribution in [0.25, 0.3) is 0 Å². The van der Waals surface area contributed by atoms with Crippen LogP contribution in [-0.4, -0.2) is 39.4 Å². The van der Waals surface area contributed by atoms with Crippen molar-refractivity contribution in [2.45, 2.75) is 32.2 Å². The van der Waals surface area contributed by atoms with Crippen LogP contribution in [0.3, 0.4) is 0 Å². The Morgan fingerprint density at radius 1 is 1.19 bits per heavy atom. The van der Waals surface area contributed by atoms with E-state index in [-0.39, 0.29) is 23.1 Å². The second-order valence-electron chi connectivity index (χ2n) is 6.82. The highest BCUT2D eigenvalue weighted by Crippen LogP contribution is 2.26. The summed E-state index contributed by atoms with van der Waals surface area (Å²) >= 11 is 0. The molecule has 0 radical (unpaired) electrons. The van der Waals surface area contributed by atoms with Gasteiger partial charge in [-0.3, -0.25) is 14.9 Å². The van der Waals surface area contributed by atoms with Gasteiger partial charge < -0.3 is 10.0 Å². The van der Waals surface area contributed by atoms with Gasteiger partial charge in [0.2, 0.25) is 0 Å². The quantitative estimate of drug-likeness (QED) is 0.643. The molecule has 7 heteroatoms. The first-order chi connectivity index (χ1) is 12.8. The van der Waals surface area contributed by atoms with E-state index in [1.54, 1.807) is 4.90 Å². The van der Waals surface area contributed by atoms with Crippen LogP contribution >= 0.6 is 0 Å². The third kappa shape index (κ3) is 4.13. The minimum absolute atomic E-state index is 0.00672. The van der Waals surface area contributed by atoms with Gasteiger partial charge in [0, 0.05) is 30.3 Å². The summed E-state index contributed by atoms with van der Waals surface area (Å²) < 4.78 is 0. The lowest BCUT2D eigenvalue weighted by Gasteiger charge is -2.25. The molecule has 0 bridgehead atoms. The summed E-state index contributed by atoms with van der Waals surface area (Å²) in [5.41, 5.74) is 1.67. The Morgan fingerprint density at radius 2 is 1.85 bits per heavy atom. The van der Waals surface area contributed by atoms with E-state index >= 15 is 0 Å². The number of likely N-dealkylation sites (tertiary alicyclic amines) is 1. The fraction of sp³-hybridized carbons (Fsp3) is 0.300. The topological polar surface area (TPSA) is 101 Å². The van der Waals surface area contributed by atoms with Gasteiger partial charge in [-0.1, -0.05) is 29.8 Å². The number of nitrogens with zero attached hydrogens (tertiary/aromatic N) is 2. The van der Waals surface area contributed by atoms with Gasteiger partial charge in [0.25, 0.3) is 11.6 Å². The number of benzene rings is 2. The smallest absolute Gasteiger partial charge is 0.335 e. The average Bonchev–Trinajstić information content (AvgIpc) is 3.10. The van der Waals surface area contributed by atoms with Crippen molar-refractivity contribution in [2.24, 2.45) is 0 Å². The third-order valence-corrected chi connectivity index (χ3v) is 4.85. The number of amides is 1. The zero-order valence-corrected chi connectivity index (χ0v) is 14.9. The number of hydrogen-bond acceptors (Lipinski definition) is 4. The zero-order chi connectivity index (χ0) is 19.6. The van der Waals surface area contributed by atoms with E-state index in [2.05, 4.69) is 0 Å². The van der Waals surface area contributed by atoms with Gasteiger partial charge in [-0.2, -0.15) is 0 Å². The molecule has 1 unspecified atom stereocenters. The summed E-state index contributed by atoms with van der Waals surface area (Å²) in [4.78, 5) is 36.3. The van der Waals surface area contributed by atoms with Crippen LogP contribution in [-0.2, 0) is 6.42 Å². The van der Waals surface area contributed by atoms with Crippen molar-refractivity contribution in [3.05, 3.63) is 74.8 Å². The number of rotatable bonds is 5.